The molecule has 0 aliphatic carbocycles. The van der Waals surface area contributed by atoms with Gasteiger partial charge in [-0.25, -0.2) is 0 Å². The monoisotopic (exact) mass is 219 g/mol. The number of rotatable bonds is 2. The van der Waals surface area contributed by atoms with Crippen LogP contribution in [0, 0.1) is 0 Å². The maximum absolute atomic E-state index is 9.81. The highest BCUT2D eigenvalue weighted by molar-refractivity contribution is 5.14. The fraction of sp³-hybridized carbons (Fsp3) is 1.00. The van der Waals surface area contributed by atoms with E-state index in [2.05, 4.69) is 0 Å². The molecule has 0 spiro atoms. The van der Waals surface area contributed by atoms with Gasteiger partial charge in [0.2, 0.25) is 0 Å². The molecule has 0 saturated carbocycles. The van der Waals surface area contributed by atoms with E-state index in [1.807, 2.05) is 0 Å². The Balaban J connectivity index is 2.31. The Morgan fingerprint density at radius 2 is 1.73 bits per heavy atom. The van der Waals surface area contributed by atoms with Crippen molar-refractivity contribution in [1.29, 1.82) is 0 Å². The summed E-state index contributed by atoms with van der Waals surface area (Å²) in [5.41, 5.74) is -1.22. The maximum atomic E-state index is 9.81. The fourth-order valence-electron chi connectivity index (χ4n) is 2.80. The van der Waals surface area contributed by atoms with Crippen molar-refractivity contribution < 1.29 is 25.5 Å². The van der Waals surface area contributed by atoms with Crippen molar-refractivity contribution >= 4 is 0 Å². The van der Waals surface area contributed by atoms with Gasteiger partial charge in [0.1, 0.15) is 6.10 Å². The van der Waals surface area contributed by atoms with Crippen LogP contribution in [0.2, 0.25) is 0 Å². The van der Waals surface area contributed by atoms with E-state index in [1.54, 1.807) is 4.90 Å². The van der Waals surface area contributed by atoms with E-state index in [1.165, 1.54) is 0 Å². The summed E-state index contributed by atoms with van der Waals surface area (Å²) in [5.74, 6) is 0. The first-order valence-corrected chi connectivity index (χ1v) is 5.09. The lowest BCUT2D eigenvalue weighted by molar-refractivity contribution is -0.0687. The van der Waals surface area contributed by atoms with Crippen LogP contribution in [0.25, 0.3) is 0 Å². The third-order valence-electron chi connectivity index (χ3n) is 3.71. The SMILES string of the molecule is OCC1(CO)[C@@H](O)[C@@H](O)[C@@H]2C[C@H](O)CN21. The van der Waals surface area contributed by atoms with Crippen molar-refractivity contribution in [2.75, 3.05) is 19.8 Å². The highest BCUT2D eigenvalue weighted by Gasteiger charge is 2.60. The van der Waals surface area contributed by atoms with Crippen LogP contribution in [0.5, 0.6) is 0 Å². The van der Waals surface area contributed by atoms with Gasteiger partial charge in [-0.1, -0.05) is 0 Å². The zero-order chi connectivity index (χ0) is 11.2. The predicted molar refractivity (Wildman–Crippen MR) is 50.0 cm³/mol. The number of fused-ring (bicyclic) bond motifs is 1. The van der Waals surface area contributed by atoms with Crippen molar-refractivity contribution in [3.05, 3.63) is 0 Å². The molecule has 5 N–H and O–H groups in total. The molecule has 15 heavy (non-hydrogen) atoms. The first-order chi connectivity index (χ1) is 7.06. The quantitative estimate of drug-likeness (QED) is 0.336. The minimum absolute atomic E-state index is 0.264. The maximum Gasteiger partial charge on any atom is 0.104 e. The molecule has 0 bridgehead atoms. The Labute approximate surface area is 87.4 Å². The van der Waals surface area contributed by atoms with E-state index in [0.29, 0.717) is 6.42 Å². The van der Waals surface area contributed by atoms with Crippen LogP contribution in [0.1, 0.15) is 6.42 Å². The van der Waals surface area contributed by atoms with Gasteiger partial charge in [-0.2, -0.15) is 0 Å². The van der Waals surface area contributed by atoms with Gasteiger partial charge in [0.15, 0.2) is 0 Å². The highest BCUT2D eigenvalue weighted by atomic mass is 16.3. The Morgan fingerprint density at radius 1 is 1.13 bits per heavy atom. The van der Waals surface area contributed by atoms with Crippen LogP contribution < -0.4 is 0 Å². The average Bonchev–Trinajstić information content (AvgIpc) is 2.69. The summed E-state index contributed by atoms with van der Waals surface area (Å²) in [4.78, 5) is 1.62. The Morgan fingerprint density at radius 3 is 2.27 bits per heavy atom. The van der Waals surface area contributed by atoms with Crippen molar-refractivity contribution in [2.45, 2.75) is 36.3 Å². The topological polar surface area (TPSA) is 104 Å². The number of hydrogen-bond acceptors (Lipinski definition) is 6. The number of aliphatic hydroxyl groups excluding tert-OH is 5. The van der Waals surface area contributed by atoms with Gasteiger partial charge >= 0.3 is 0 Å². The molecule has 0 radical (unpaired) electrons. The molecular weight excluding hydrogens is 202 g/mol. The van der Waals surface area contributed by atoms with Crippen LogP contribution in [-0.4, -0.2) is 80.1 Å². The van der Waals surface area contributed by atoms with E-state index < -0.39 is 37.1 Å². The molecule has 4 atom stereocenters. The van der Waals surface area contributed by atoms with Crippen LogP contribution in [0.4, 0.5) is 0 Å². The molecule has 0 unspecified atom stereocenters. The van der Waals surface area contributed by atoms with E-state index in [9.17, 15) is 25.5 Å². The second-order valence-corrected chi connectivity index (χ2v) is 4.46. The first kappa shape index (κ1) is 11.3. The van der Waals surface area contributed by atoms with E-state index in [4.69, 9.17) is 0 Å². The normalized spacial score (nSPS) is 44.6. The Hall–Kier alpha value is -0.240. The molecule has 6 nitrogen and oxygen atoms in total. The van der Waals surface area contributed by atoms with Gasteiger partial charge in [-0.05, 0) is 6.42 Å². The highest BCUT2D eigenvalue weighted by Crippen LogP contribution is 2.40. The second kappa shape index (κ2) is 3.65. The Bertz CT molecular complexity index is 245. The third-order valence-corrected chi connectivity index (χ3v) is 3.71. The summed E-state index contributed by atoms with van der Waals surface area (Å²) in [5, 5.41) is 47.6. The van der Waals surface area contributed by atoms with Crippen molar-refractivity contribution in [2.24, 2.45) is 0 Å². The smallest absolute Gasteiger partial charge is 0.104 e. The molecular formula is C9H17NO5. The van der Waals surface area contributed by atoms with Crippen molar-refractivity contribution in [3.8, 4) is 0 Å². The minimum atomic E-state index is -1.22. The van der Waals surface area contributed by atoms with Crippen molar-refractivity contribution in [1.82, 2.24) is 4.90 Å². The summed E-state index contributed by atoms with van der Waals surface area (Å²) < 4.78 is 0. The van der Waals surface area contributed by atoms with Gasteiger partial charge in [0.05, 0.1) is 31.0 Å². The molecule has 2 aliphatic heterocycles. The zero-order valence-electron chi connectivity index (χ0n) is 8.32. The molecule has 0 aromatic rings. The number of hydrogen-bond donors (Lipinski definition) is 5. The molecule has 0 amide bonds. The van der Waals surface area contributed by atoms with Gasteiger partial charge in [-0.3, -0.25) is 4.90 Å². The van der Waals surface area contributed by atoms with Gasteiger partial charge in [0.25, 0.3) is 0 Å². The Kier molecular flexibility index (Phi) is 2.74. The number of aliphatic hydroxyl groups is 5. The fourth-order valence-corrected chi connectivity index (χ4v) is 2.80. The largest absolute Gasteiger partial charge is 0.394 e. The summed E-state index contributed by atoms with van der Waals surface area (Å²) in [6.07, 6.45) is -2.42. The lowest BCUT2D eigenvalue weighted by Crippen LogP contribution is -2.57. The van der Waals surface area contributed by atoms with Gasteiger partial charge in [-0.15, -0.1) is 0 Å². The molecule has 88 valence electrons. The standard InChI is InChI=1S/C9H17NO5/c11-3-9(4-12)8(15)7(14)6-1-5(13)2-10(6)9/h5-8,11-15H,1-4H2/t5-,6-,7-,8-/m0/s1. The van der Waals surface area contributed by atoms with Crippen LogP contribution >= 0.6 is 0 Å². The average molecular weight is 219 g/mol. The number of nitrogens with zero attached hydrogens (tertiary/aromatic N) is 1. The molecule has 2 saturated heterocycles. The third kappa shape index (κ3) is 1.33. The van der Waals surface area contributed by atoms with Gasteiger partial charge < -0.3 is 25.5 Å². The van der Waals surface area contributed by atoms with Crippen LogP contribution in [0.3, 0.4) is 0 Å². The minimum Gasteiger partial charge on any atom is -0.394 e. The molecule has 2 heterocycles. The molecule has 2 aliphatic rings. The second-order valence-electron chi connectivity index (χ2n) is 4.46. The molecule has 0 aromatic carbocycles. The van der Waals surface area contributed by atoms with Gasteiger partial charge in [0, 0.05) is 12.6 Å². The lowest BCUT2D eigenvalue weighted by atomic mass is 9.92. The van der Waals surface area contributed by atoms with Crippen LogP contribution in [-0.2, 0) is 0 Å². The molecule has 2 rings (SSSR count). The summed E-state index contributed by atoms with van der Waals surface area (Å²) in [6.45, 7) is -0.615. The van der Waals surface area contributed by atoms with E-state index in [0.717, 1.165) is 0 Å². The molecule has 6 heteroatoms. The van der Waals surface area contributed by atoms with Crippen molar-refractivity contribution in [3.63, 3.8) is 0 Å². The lowest BCUT2D eigenvalue weighted by Gasteiger charge is -2.36. The van der Waals surface area contributed by atoms with E-state index in [-0.39, 0.29) is 12.6 Å². The number of β-amino-alcohol motifs (C(OH)–C–C–N with tert-alkyl or cyclic N) is 1. The predicted octanol–water partition coefficient (Wildman–Crippen LogP) is -3.12. The zero-order valence-corrected chi connectivity index (χ0v) is 8.32. The molecule has 2 fully saturated rings. The summed E-state index contributed by atoms with van der Waals surface area (Å²) >= 11 is 0. The first-order valence-electron chi connectivity index (χ1n) is 5.09. The molecule has 0 aromatic heterocycles. The summed E-state index contributed by atoms with van der Waals surface area (Å²) in [7, 11) is 0. The van der Waals surface area contributed by atoms with Crippen LogP contribution in [0.15, 0.2) is 0 Å². The van der Waals surface area contributed by atoms with E-state index >= 15 is 0 Å². The summed E-state index contributed by atoms with van der Waals surface area (Å²) in [6, 6.07) is -0.380.